The minimum absolute atomic E-state index is 0.536. The van der Waals surface area contributed by atoms with Crippen molar-refractivity contribution in [3.63, 3.8) is 0 Å². The van der Waals surface area contributed by atoms with E-state index in [-0.39, 0.29) is 0 Å². The fraction of sp³-hybridized carbons (Fsp3) is 0.333. The Morgan fingerprint density at radius 1 is 1.31 bits per heavy atom. The Labute approximate surface area is 80.1 Å². The summed E-state index contributed by atoms with van der Waals surface area (Å²) in [7, 11) is 0. The second-order valence-electron chi connectivity index (χ2n) is 2.28. The molecule has 0 spiro atoms. The lowest BCUT2D eigenvalue weighted by molar-refractivity contribution is 0.252. The van der Waals surface area contributed by atoms with E-state index < -0.39 is 5.76 Å². The zero-order valence-electron chi connectivity index (χ0n) is 7.17. The fourth-order valence-electron chi connectivity index (χ4n) is 0.884. The van der Waals surface area contributed by atoms with Gasteiger partial charge in [0.15, 0.2) is 0 Å². The van der Waals surface area contributed by atoms with Crippen molar-refractivity contribution in [3.05, 3.63) is 24.3 Å². The van der Waals surface area contributed by atoms with Crippen molar-refractivity contribution in [2.45, 2.75) is 17.6 Å². The molecule has 0 radical (unpaired) electrons. The summed E-state index contributed by atoms with van der Waals surface area (Å²) in [5.41, 5.74) is 0. The van der Waals surface area contributed by atoms with Gasteiger partial charge in [-0.05, 0) is 31.2 Å². The van der Waals surface area contributed by atoms with Crippen LogP contribution in [0.4, 0.5) is 8.78 Å². The standard InChI is InChI=1S/C9H10F2OS/c1-2-12-7-3-5-8(6-4-7)13-9(10)11/h3-6,9H,2H2,1H3. The smallest absolute Gasteiger partial charge is 0.288 e. The van der Waals surface area contributed by atoms with Gasteiger partial charge in [0.1, 0.15) is 5.75 Å². The van der Waals surface area contributed by atoms with Gasteiger partial charge in [-0.3, -0.25) is 0 Å². The van der Waals surface area contributed by atoms with E-state index in [1.54, 1.807) is 24.3 Å². The maximum Gasteiger partial charge on any atom is 0.288 e. The average Bonchev–Trinajstić information content (AvgIpc) is 2.08. The van der Waals surface area contributed by atoms with E-state index in [1.165, 1.54) is 0 Å². The summed E-state index contributed by atoms with van der Waals surface area (Å²) < 4.78 is 29.0. The molecule has 0 heterocycles. The second kappa shape index (κ2) is 5.07. The van der Waals surface area contributed by atoms with Crippen molar-refractivity contribution < 1.29 is 13.5 Å². The first-order chi connectivity index (χ1) is 6.22. The maximum atomic E-state index is 11.9. The van der Waals surface area contributed by atoms with E-state index in [1.807, 2.05) is 6.92 Å². The van der Waals surface area contributed by atoms with E-state index in [9.17, 15) is 8.78 Å². The molecular weight excluding hydrogens is 194 g/mol. The molecule has 0 unspecified atom stereocenters. The van der Waals surface area contributed by atoms with Gasteiger partial charge < -0.3 is 4.74 Å². The molecule has 13 heavy (non-hydrogen) atoms. The van der Waals surface area contributed by atoms with Gasteiger partial charge in [0, 0.05) is 4.90 Å². The predicted octanol–water partition coefficient (Wildman–Crippen LogP) is 3.40. The number of thioether (sulfide) groups is 1. The van der Waals surface area contributed by atoms with Crippen LogP contribution >= 0.6 is 11.8 Å². The molecule has 0 saturated heterocycles. The quantitative estimate of drug-likeness (QED) is 0.695. The van der Waals surface area contributed by atoms with E-state index >= 15 is 0 Å². The van der Waals surface area contributed by atoms with Crippen LogP contribution in [0, 0.1) is 0 Å². The number of halogens is 2. The number of ether oxygens (including phenoxy) is 1. The normalized spacial score (nSPS) is 10.5. The van der Waals surface area contributed by atoms with Crippen LogP contribution in [0.1, 0.15) is 6.92 Å². The Morgan fingerprint density at radius 2 is 1.92 bits per heavy atom. The molecule has 0 saturated carbocycles. The number of benzene rings is 1. The molecule has 0 aliphatic carbocycles. The van der Waals surface area contributed by atoms with Crippen LogP contribution in [0.25, 0.3) is 0 Å². The fourth-order valence-corrected chi connectivity index (χ4v) is 1.38. The summed E-state index contributed by atoms with van der Waals surface area (Å²) in [5, 5.41) is 0. The van der Waals surface area contributed by atoms with Gasteiger partial charge in [-0.1, -0.05) is 11.8 Å². The van der Waals surface area contributed by atoms with Gasteiger partial charge >= 0.3 is 0 Å². The largest absolute Gasteiger partial charge is 0.494 e. The molecular formula is C9H10F2OS. The Morgan fingerprint density at radius 3 is 2.38 bits per heavy atom. The first-order valence-electron chi connectivity index (χ1n) is 3.90. The van der Waals surface area contributed by atoms with Gasteiger partial charge in [-0.15, -0.1) is 0 Å². The second-order valence-corrected chi connectivity index (χ2v) is 3.35. The lowest BCUT2D eigenvalue weighted by Gasteiger charge is -2.03. The van der Waals surface area contributed by atoms with Gasteiger partial charge in [-0.2, -0.15) is 8.78 Å². The monoisotopic (exact) mass is 204 g/mol. The third-order valence-corrected chi connectivity index (χ3v) is 2.08. The molecule has 0 atom stereocenters. The third-order valence-electron chi connectivity index (χ3n) is 1.36. The van der Waals surface area contributed by atoms with Crippen LogP contribution in [-0.2, 0) is 0 Å². The van der Waals surface area contributed by atoms with Gasteiger partial charge in [0.05, 0.1) is 6.61 Å². The molecule has 0 fully saturated rings. The van der Waals surface area contributed by atoms with Crippen LogP contribution in [-0.4, -0.2) is 12.4 Å². The molecule has 0 N–H and O–H groups in total. The van der Waals surface area contributed by atoms with Gasteiger partial charge in [0.25, 0.3) is 5.76 Å². The highest BCUT2D eigenvalue weighted by atomic mass is 32.2. The zero-order chi connectivity index (χ0) is 9.68. The van der Waals surface area contributed by atoms with Crippen LogP contribution < -0.4 is 4.74 Å². The third kappa shape index (κ3) is 3.63. The number of hydrogen-bond acceptors (Lipinski definition) is 2. The Balaban J connectivity index is 2.59. The molecule has 1 aromatic rings. The first-order valence-corrected chi connectivity index (χ1v) is 4.78. The summed E-state index contributed by atoms with van der Waals surface area (Å²) in [4.78, 5) is 0.554. The zero-order valence-corrected chi connectivity index (χ0v) is 7.98. The molecule has 0 bridgehead atoms. The summed E-state index contributed by atoms with van der Waals surface area (Å²) >= 11 is 0.536. The summed E-state index contributed by atoms with van der Waals surface area (Å²) in [6.07, 6.45) is 0. The van der Waals surface area contributed by atoms with E-state index in [0.717, 1.165) is 0 Å². The predicted molar refractivity (Wildman–Crippen MR) is 49.5 cm³/mol. The van der Waals surface area contributed by atoms with Gasteiger partial charge in [-0.25, -0.2) is 0 Å². The van der Waals surface area contributed by atoms with Crippen molar-refractivity contribution in [3.8, 4) is 5.75 Å². The molecule has 1 aromatic carbocycles. The van der Waals surface area contributed by atoms with E-state index in [4.69, 9.17) is 4.74 Å². The lowest BCUT2D eigenvalue weighted by atomic mass is 10.3. The molecule has 0 amide bonds. The molecule has 0 aromatic heterocycles. The van der Waals surface area contributed by atoms with Crippen molar-refractivity contribution in [2.75, 3.05) is 6.61 Å². The summed E-state index contributed by atoms with van der Waals surface area (Å²) in [6, 6.07) is 6.63. The number of hydrogen-bond donors (Lipinski definition) is 0. The molecule has 1 rings (SSSR count). The molecule has 0 aliphatic rings. The Hall–Kier alpha value is -0.770. The van der Waals surface area contributed by atoms with Crippen LogP contribution in [0.2, 0.25) is 0 Å². The van der Waals surface area contributed by atoms with Crippen molar-refractivity contribution >= 4 is 11.8 Å². The molecule has 1 nitrogen and oxygen atoms in total. The molecule has 72 valence electrons. The maximum absolute atomic E-state index is 11.9. The lowest BCUT2D eigenvalue weighted by Crippen LogP contribution is -1.90. The average molecular weight is 204 g/mol. The minimum Gasteiger partial charge on any atom is -0.494 e. The van der Waals surface area contributed by atoms with Crippen LogP contribution in [0.5, 0.6) is 5.75 Å². The topological polar surface area (TPSA) is 9.23 Å². The van der Waals surface area contributed by atoms with Crippen molar-refractivity contribution in [1.82, 2.24) is 0 Å². The molecule has 4 heteroatoms. The summed E-state index contributed by atoms with van der Waals surface area (Å²) in [6.45, 7) is 2.46. The van der Waals surface area contributed by atoms with Crippen molar-refractivity contribution in [2.24, 2.45) is 0 Å². The van der Waals surface area contributed by atoms with E-state index in [2.05, 4.69) is 0 Å². The van der Waals surface area contributed by atoms with Gasteiger partial charge in [0.2, 0.25) is 0 Å². The number of alkyl halides is 2. The first kappa shape index (κ1) is 10.3. The number of rotatable bonds is 4. The summed E-state index contributed by atoms with van der Waals surface area (Å²) in [5.74, 6) is -1.65. The van der Waals surface area contributed by atoms with Crippen LogP contribution in [0.3, 0.4) is 0 Å². The Bertz CT molecular complexity index is 248. The SMILES string of the molecule is CCOc1ccc(SC(F)F)cc1. The highest BCUT2D eigenvalue weighted by Crippen LogP contribution is 2.26. The Kier molecular flexibility index (Phi) is 4.02. The highest BCUT2D eigenvalue weighted by molar-refractivity contribution is 7.99. The highest BCUT2D eigenvalue weighted by Gasteiger charge is 2.04. The van der Waals surface area contributed by atoms with E-state index in [0.29, 0.717) is 29.0 Å². The minimum atomic E-state index is -2.36. The molecule has 0 aliphatic heterocycles. The van der Waals surface area contributed by atoms with Crippen LogP contribution in [0.15, 0.2) is 29.2 Å². The van der Waals surface area contributed by atoms with Crippen molar-refractivity contribution in [1.29, 1.82) is 0 Å².